The first-order chi connectivity index (χ1) is 7.06. The molecule has 0 saturated carbocycles. The predicted molar refractivity (Wildman–Crippen MR) is 48.5 cm³/mol. The van der Waals surface area contributed by atoms with E-state index in [2.05, 4.69) is 9.72 Å². The van der Waals surface area contributed by atoms with Crippen LogP contribution in [-0.4, -0.2) is 27.6 Å². The van der Waals surface area contributed by atoms with Crippen LogP contribution in [0.3, 0.4) is 0 Å². The monoisotopic (exact) mass is 212 g/mol. The lowest BCUT2D eigenvalue weighted by molar-refractivity contribution is -0.390. The van der Waals surface area contributed by atoms with Crippen LogP contribution in [-0.2, 0) is 4.74 Å². The molecule has 0 aliphatic carbocycles. The van der Waals surface area contributed by atoms with Gasteiger partial charge in [0.1, 0.15) is 0 Å². The van der Waals surface area contributed by atoms with E-state index in [4.69, 9.17) is 5.11 Å². The number of hydrogen-bond donors (Lipinski definition) is 1. The van der Waals surface area contributed by atoms with Gasteiger partial charge in [0, 0.05) is 6.07 Å². The first kappa shape index (κ1) is 10.9. The topological polar surface area (TPSA) is 103 Å². The summed E-state index contributed by atoms with van der Waals surface area (Å²) in [7, 11) is 0. The zero-order chi connectivity index (χ0) is 11.4. The van der Waals surface area contributed by atoms with Crippen LogP contribution in [0.4, 0.5) is 5.82 Å². The van der Waals surface area contributed by atoms with Crippen molar-refractivity contribution >= 4 is 11.8 Å². The number of rotatable bonds is 3. The highest BCUT2D eigenvalue weighted by atomic mass is 16.6. The molecule has 0 atom stereocenters. The number of pyridine rings is 1. The molecule has 1 N–H and O–H groups in total. The van der Waals surface area contributed by atoms with Crippen molar-refractivity contribution < 1.29 is 19.6 Å². The van der Waals surface area contributed by atoms with Crippen molar-refractivity contribution in [2.24, 2.45) is 0 Å². The number of nitrogens with zero attached hydrogens (tertiary/aromatic N) is 2. The number of carbonyl (C=O) groups excluding carboxylic acids is 1. The summed E-state index contributed by atoms with van der Waals surface area (Å²) in [6.07, 6.45) is 0. The Morgan fingerprint density at radius 1 is 1.67 bits per heavy atom. The number of hydrogen-bond acceptors (Lipinski definition) is 6. The van der Waals surface area contributed by atoms with E-state index in [-0.39, 0.29) is 12.3 Å². The number of ether oxygens (including phenoxy) is 1. The maximum Gasteiger partial charge on any atom is 0.406 e. The molecule has 0 amide bonds. The van der Waals surface area contributed by atoms with E-state index in [0.29, 0.717) is 0 Å². The minimum Gasteiger partial charge on any atom is -0.501 e. The number of carbonyl (C=O) groups is 1. The maximum atomic E-state index is 11.1. The summed E-state index contributed by atoms with van der Waals surface area (Å²) in [5, 5.41) is 19.4. The molecule has 0 fully saturated rings. The van der Waals surface area contributed by atoms with Crippen molar-refractivity contribution in [1.82, 2.24) is 4.98 Å². The summed E-state index contributed by atoms with van der Waals surface area (Å²) in [6, 6.07) is 2.18. The third-order valence-corrected chi connectivity index (χ3v) is 1.51. The van der Waals surface area contributed by atoms with Gasteiger partial charge in [-0.2, -0.15) is 0 Å². The van der Waals surface area contributed by atoms with E-state index in [1.165, 1.54) is 0 Å². The highest BCUT2D eigenvalue weighted by Gasteiger charge is 2.21. The van der Waals surface area contributed by atoms with E-state index in [1.807, 2.05) is 0 Å². The zero-order valence-electron chi connectivity index (χ0n) is 7.84. The van der Waals surface area contributed by atoms with Gasteiger partial charge < -0.3 is 20.0 Å². The molecule has 80 valence electrons. The van der Waals surface area contributed by atoms with E-state index in [1.54, 1.807) is 6.92 Å². The van der Waals surface area contributed by atoms with Crippen LogP contribution in [0, 0.1) is 10.1 Å². The number of nitro groups is 1. The molecule has 0 radical (unpaired) electrons. The summed E-state index contributed by atoms with van der Waals surface area (Å²) in [5.41, 5.74) is -0.207. The largest absolute Gasteiger partial charge is 0.501 e. The minimum absolute atomic E-state index is 0.148. The van der Waals surface area contributed by atoms with Crippen molar-refractivity contribution in [3.8, 4) is 5.75 Å². The molecule has 0 aliphatic rings. The van der Waals surface area contributed by atoms with Gasteiger partial charge in [-0.3, -0.25) is 0 Å². The van der Waals surface area contributed by atoms with E-state index in [9.17, 15) is 14.9 Å². The number of esters is 1. The Bertz CT molecular complexity index is 404. The van der Waals surface area contributed by atoms with Gasteiger partial charge in [0.15, 0.2) is 0 Å². The number of aromatic hydroxyl groups is 1. The summed E-state index contributed by atoms with van der Waals surface area (Å²) < 4.78 is 4.60. The molecule has 0 saturated heterocycles. The van der Waals surface area contributed by atoms with Gasteiger partial charge in [0.25, 0.3) is 5.69 Å². The summed E-state index contributed by atoms with van der Waals surface area (Å²) in [6.45, 7) is 1.75. The van der Waals surface area contributed by atoms with Crippen molar-refractivity contribution in [1.29, 1.82) is 0 Å². The Labute approximate surface area is 84.5 Å². The lowest BCUT2D eigenvalue weighted by Crippen LogP contribution is -2.08. The maximum absolute atomic E-state index is 11.1. The Morgan fingerprint density at radius 3 is 2.87 bits per heavy atom. The molecule has 1 aromatic heterocycles. The fraction of sp³-hybridized carbons (Fsp3) is 0.250. The van der Waals surface area contributed by atoms with Gasteiger partial charge in [0.2, 0.25) is 5.75 Å². The van der Waals surface area contributed by atoms with Crippen LogP contribution < -0.4 is 0 Å². The molecule has 1 heterocycles. The SMILES string of the molecule is CCOC(=O)c1ccc(O)c([N+](=O)[O-])n1. The van der Waals surface area contributed by atoms with E-state index < -0.39 is 22.5 Å². The van der Waals surface area contributed by atoms with E-state index >= 15 is 0 Å². The second-order valence-corrected chi connectivity index (χ2v) is 2.52. The third-order valence-electron chi connectivity index (χ3n) is 1.51. The van der Waals surface area contributed by atoms with Gasteiger partial charge in [-0.15, -0.1) is 0 Å². The molecule has 0 aromatic carbocycles. The van der Waals surface area contributed by atoms with Gasteiger partial charge in [0.05, 0.1) is 6.61 Å². The first-order valence-electron chi connectivity index (χ1n) is 4.07. The average molecular weight is 212 g/mol. The minimum atomic E-state index is -0.877. The molecular formula is C8H8N2O5. The average Bonchev–Trinajstić information content (AvgIpc) is 2.18. The van der Waals surface area contributed by atoms with Gasteiger partial charge in [-0.25, -0.2) is 4.79 Å². The van der Waals surface area contributed by atoms with Crippen LogP contribution in [0.1, 0.15) is 17.4 Å². The second kappa shape index (κ2) is 4.36. The first-order valence-corrected chi connectivity index (χ1v) is 4.07. The summed E-state index contributed by atoms with van der Waals surface area (Å²) in [4.78, 5) is 24.0. The molecule has 7 nitrogen and oxygen atoms in total. The Hall–Kier alpha value is -2.18. The van der Waals surface area contributed by atoms with Crippen LogP contribution in [0.15, 0.2) is 12.1 Å². The molecule has 0 aliphatic heterocycles. The Morgan fingerprint density at radius 2 is 2.33 bits per heavy atom. The highest BCUT2D eigenvalue weighted by molar-refractivity contribution is 5.87. The lowest BCUT2D eigenvalue weighted by Gasteiger charge is -1.98. The molecule has 15 heavy (non-hydrogen) atoms. The standard InChI is InChI=1S/C8H8N2O5/c1-2-15-8(12)5-3-4-6(11)7(9-5)10(13)14/h3-4,11H,2H2,1H3. The fourth-order valence-corrected chi connectivity index (χ4v) is 0.894. The fourth-order valence-electron chi connectivity index (χ4n) is 0.894. The summed E-state index contributed by atoms with van der Waals surface area (Å²) >= 11 is 0. The van der Waals surface area contributed by atoms with Crippen molar-refractivity contribution in [2.45, 2.75) is 6.92 Å². The van der Waals surface area contributed by atoms with Gasteiger partial charge >= 0.3 is 11.8 Å². The number of aromatic nitrogens is 1. The molecule has 0 bridgehead atoms. The smallest absolute Gasteiger partial charge is 0.406 e. The Balaban J connectivity index is 3.07. The van der Waals surface area contributed by atoms with Crippen molar-refractivity contribution in [2.75, 3.05) is 6.61 Å². The van der Waals surface area contributed by atoms with Crippen LogP contribution in [0.25, 0.3) is 0 Å². The quantitative estimate of drug-likeness (QED) is 0.453. The highest BCUT2D eigenvalue weighted by Crippen LogP contribution is 2.22. The van der Waals surface area contributed by atoms with Crippen LogP contribution in [0.5, 0.6) is 5.75 Å². The molecule has 0 unspecified atom stereocenters. The Kier molecular flexibility index (Phi) is 3.17. The van der Waals surface area contributed by atoms with E-state index in [0.717, 1.165) is 12.1 Å². The van der Waals surface area contributed by atoms with Crippen LogP contribution in [0.2, 0.25) is 0 Å². The zero-order valence-corrected chi connectivity index (χ0v) is 7.84. The normalized spacial score (nSPS) is 9.67. The molecule has 1 aromatic rings. The molecule has 7 heteroatoms. The van der Waals surface area contributed by atoms with Crippen LogP contribution >= 0.6 is 0 Å². The molecule has 0 spiro atoms. The van der Waals surface area contributed by atoms with Gasteiger partial charge in [-0.05, 0) is 22.9 Å². The molecular weight excluding hydrogens is 204 g/mol. The lowest BCUT2D eigenvalue weighted by atomic mass is 10.3. The van der Waals surface area contributed by atoms with Crippen molar-refractivity contribution in [3.05, 3.63) is 27.9 Å². The van der Waals surface area contributed by atoms with Crippen molar-refractivity contribution in [3.63, 3.8) is 0 Å². The van der Waals surface area contributed by atoms with Gasteiger partial charge in [-0.1, -0.05) is 0 Å². The molecule has 1 rings (SSSR count). The summed E-state index contributed by atoms with van der Waals surface area (Å²) in [5.74, 6) is -2.12. The predicted octanol–water partition coefficient (Wildman–Crippen LogP) is 0.872. The third kappa shape index (κ3) is 2.39. The second-order valence-electron chi connectivity index (χ2n) is 2.52.